The normalized spacial score (nSPS) is 16.1. The molecule has 0 amide bonds. The predicted octanol–water partition coefficient (Wildman–Crippen LogP) is 9.27. The average Bonchev–Trinajstić information content (AvgIpc) is 2.71. The highest BCUT2D eigenvalue weighted by Gasteiger charge is 2.26. The van der Waals surface area contributed by atoms with Crippen molar-refractivity contribution < 1.29 is 9.78 Å². The third-order valence-electron chi connectivity index (χ3n) is 6.44. The Kier molecular flexibility index (Phi) is 20.1. The fraction of sp³-hybridized carbons (Fsp3) is 1.00. The Morgan fingerprint density at radius 1 is 0.429 bits per heavy atom. The van der Waals surface area contributed by atoms with Gasteiger partial charge in [-0.05, 0) is 37.5 Å². The van der Waals surface area contributed by atoms with Gasteiger partial charge in [-0.25, -0.2) is 9.78 Å². The van der Waals surface area contributed by atoms with Gasteiger partial charge >= 0.3 is 0 Å². The van der Waals surface area contributed by atoms with Gasteiger partial charge in [0.1, 0.15) is 0 Å². The Morgan fingerprint density at radius 3 is 1.07 bits per heavy atom. The maximum Gasteiger partial charge on any atom is 0.0958 e. The van der Waals surface area contributed by atoms with E-state index in [0.717, 1.165) is 12.8 Å². The maximum absolute atomic E-state index is 6.29. The second kappa shape index (κ2) is 20.2. The topological polar surface area (TPSA) is 18.5 Å². The zero-order valence-electron chi connectivity index (χ0n) is 20.4. The number of rotatable bonds is 21. The van der Waals surface area contributed by atoms with E-state index >= 15 is 0 Å². The molecule has 0 bridgehead atoms. The lowest BCUT2D eigenvalue weighted by Crippen LogP contribution is -2.30. The lowest BCUT2D eigenvalue weighted by atomic mass is 9.90. The molecule has 0 aliphatic heterocycles. The summed E-state index contributed by atoms with van der Waals surface area (Å²) in [5.74, 6) is 1.28. The fourth-order valence-electron chi connectivity index (χ4n) is 4.30. The van der Waals surface area contributed by atoms with Crippen LogP contribution in [0.4, 0.5) is 0 Å². The van der Waals surface area contributed by atoms with Gasteiger partial charge in [-0.3, -0.25) is 0 Å². The van der Waals surface area contributed by atoms with E-state index in [-0.39, 0.29) is 12.2 Å². The molecular formula is C26H54O2. The van der Waals surface area contributed by atoms with Crippen LogP contribution in [0.3, 0.4) is 0 Å². The van der Waals surface area contributed by atoms with Crippen molar-refractivity contribution in [3.63, 3.8) is 0 Å². The molecule has 0 aliphatic carbocycles. The van der Waals surface area contributed by atoms with Crippen LogP contribution in [0.15, 0.2) is 0 Å². The standard InChI is InChI=1S/C26H54O2/c1-7-13-17-21-25(23(11-5)19-15-9-3)27-28-26(22-18-14-8-2)24(12-6)20-16-10-4/h23-26H,7-22H2,1-6H3. The molecule has 28 heavy (non-hydrogen) atoms. The van der Waals surface area contributed by atoms with Crippen LogP contribution in [0, 0.1) is 11.8 Å². The summed E-state index contributed by atoms with van der Waals surface area (Å²) in [7, 11) is 0. The summed E-state index contributed by atoms with van der Waals surface area (Å²) in [6.07, 6.45) is 20.7. The molecule has 2 nitrogen and oxygen atoms in total. The molecule has 170 valence electrons. The quantitative estimate of drug-likeness (QED) is 0.109. The summed E-state index contributed by atoms with van der Waals surface area (Å²) >= 11 is 0. The third kappa shape index (κ3) is 13.2. The smallest absolute Gasteiger partial charge is 0.0958 e. The van der Waals surface area contributed by atoms with E-state index in [1.165, 1.54) is 89.9 Å². The molecule has 0 N–H and O–H groups in total. The van der Waals surface area contributed by atoms with Gasteiger partial charge in [-0.2, -0.15) is 0 Å². The van der Waals surface area contributed by atoms with Crippen LogP contribution in [0.25, 0.3) is 0 Å². The lowest BCUT2D eigenvalue weighted by molar-refractivity contribution is -0.369. The van der Waals surface area contributed by atoms with Crippen LogP contribution in [0.2, 0.25) is 0 Å². The molecule has 0 saturated heterocycles. The molecule has 0 aliphatic rings. The van der Waals surface area contributed by atoms with Gasteiger partial charge in [-0.15, -0.1) is 0 Å². The van der Waals surface area contributed by atoms with Crippen molar-refractivity contribution in [2.75, 3.05) is 0 Å². The molecule has 0 fully saturated rings. The first kappa shape index (κ1) is 27.9. The first-order valence-corrected chi connectivity index (χ1v) is 13.0. The Balaban J connectivity index is 4.94. The van der Waals surface area contributed by atoms with Crippen LogP contribution in [-0.4, -0.2) is 12.2 Å². The molecule has 0 aromatic heterocycles. The first-order chi connectivity index (χ1) is 13.7. The highest BCUT2D eigenvalue weighted by molar-refractivity contribution is 4.72. The monoisotopic (exact) mass is 398 g/mol. The summed E-state index contributed by atoms with van der Waals surface area (Å²) < 4.78 is 0. The van der Waals surface area contributed by atoms with E-state index < -0.39 is 0 Å². The van der Waals surface area contributed by atoms with E-state index in [4.69, 9.17) is 9.78 Å². The minimum atomic E-state index is 0.278. The molecular weight excluding hydrogens is 344 g/mol. The zero-order chi connectivity index (χ0) is 21.0. The van der Waals surface area contributed by atoms with Crippen molar-refractivity contribution in [3.8, 4) is 0 Å². The largest absolute Gasteiger partial charge is 0.233 e. The molecule has 4 atom stereocenters. The first-order valence-electron chi connectivity index (χ1n) is 13.0. The van der Waals surface area contributed by atoms with Crippen molar-refractivity contribution in [1.29, 1.82) is 0 Å². The molecule has 0 spiro atoms. The molecule has 0 aromatic rings. The second-order valence-corrected chi connectivity index (χ2v) is 8.88. The molecule has 0 aromatic carbocycles. The fourth-order valence-corrected chi connectivity index (χ4v) is 4.30. The zero-order valence-corrected chi connectivity index (χ0v) is 20.4. The van der Waals surface area contributed by atoms with Gasteiger partial charge in [0.15, 0.2) is 0 Å². The van der Waals surface area contributed by atoms with Gasteiger partial charge in [0.2, 0.25) is 0 Å². The van der Waals surface area contributed by atoms with Gasteiger partial charge in [0, 0.05) is 0 Å². The minimum absolute atomic E-state index is 0.278. The summed E-state index contributed by atoms with van der Waals surface area (Å²) in [5, 5.41) is 0. The Labute approximate surface area is 178 Å². The van der Waals surface area contributed by atoms with E-state index in [9.17, 15) is 0 Å². The van der Waals surface area contributed by atoms with E-state index in [1.54, 1.807) is 0 Å². The lowest BCUT2D eigenvalue weighted by Gasteiger charge is -2.30. The van der Waals surface area contributed by atoms with Gasteiger partial charge in [-0.1, -0.05) is 119 Å². The SMILES string of the molecule is CCCCCC(OOC(CCCCC)C(CC)CCCC)C(CC)CCCC. The average molecular weight is 399 g/mol. The Hall–Kier alpha value is -0.0800. The third-order valence-corrected chi connectivity index (χ3v) is 6.44. The minimum Gasteiger partial charge on any atom is -0.233 e. The highest BCUT2D eigenvalue weighted by atomic mass is 17.2. The van der Waals surface area contributed by atoms with Crippen molar-refractivity contribution in [3.05, 3.63) is 0 Å². The molecule has 0 saturated carbocycles. The second-order valence-electron chi connectivity index (χ2n) is 8.88. The Morgan fingerprint density at radius 2 is 0.786 bits per heavy atom. The van der Waals surface area contributed by atoms with Crippen LogP contribution >= 0.6 is 0 Å². The summed E-state index contributed by atoms with van der Waals surface area (Å²) in [5.41, 5.74) is 0. The van der Waals surface area contributed by atoms with Gasteiger partial charge < -0.3 is 0 Å². The summed E-state index contributed by atoms with van der Waals surface area (Å²) in [4.78, 5) is 12.6. The molecule has 0 heterocycles. The van der Waals surface area contributed by atoms with Gasteiger partial charge in [0.05, 0.1) is 12.2 Å². The van der Waals surface area contributed by atoms with Crippen LogP contribution in [-0.2, 0) is 9.78 Å². The van der Waals surface area contributed by atoms with Gasteiger partial charge in [0.25, 0.3) is 0 Å². The van der Waals surface area contributed by atoms with Crippen LogP contribution in [0.1, 0.15) is 144 Å². The molecule has 4 unspecified atom stereocenters. The van der Waals surface area contributed by atoms with E-state index in [2.05, 4.69) is 41.5 Å². The Bertz CT molecular complexity index is 275. The van der Waals surface area contributed by atoms with Crippen molar-refractivity contribution in [2.24, 2.45) is 11.8 Å². The van der Waals surface area contributed by atoms with Crippen LogP contribution in [0.5, 0.6) is 0 Å². The highest BCUT2D eigenvalue weighted by Crippen LogP contribution is 2.28. The summed E-state index contributed by atoms with van der Waals surface area (Å²) in [6, 6.07) is 0. The van der Waals surface area contributed by atoms with Crippen LogP contribution < -0.4 is 0 Å². The summed E-state index contributed by atoms with van der Waals surface area (Å²) in [6.45, 7) is 13.8. The predicted molar refractivity (Wildman–Crippen MR) is 125 cm³/mol. The number of unbranched alkanes of at least 4 members (excludes halogenated alkanes) is 6. The number of hydrogen-bond acceptors (Lipinski definition) is 2. The molecule has 0 rings (SSSR count). The van der Waals surface area contributed by atoms with Crippen molar-refractivity contribution in [1.82, 2.24) is 0 Å². The van der Waals surface area contributed by atoms with Crippen molar-refractivity contribution >= 4 is 0 Å². The molecule has 0 radical (unpaired) electrons. The molecule has 2 heteroatoms. The number of hydrogen-bond donors (Lipinski definition) is 0. The van der Waals surface area contributed by atoms with Crippen molar-refractivity contribution in [2.45, 2.75) is 156 Å². The van der Waals surface area contributed by atoms with E-state index in [0.29, 0.717) is 11.8 Å². The van der Waals surface area contributed by atoms with E-state index in [1.807, 2.05) is 0 Å². The maximum atomic E-state index is 6.29.